The van der Waals surface area contributed by atoms with Crippen LogP contribution >= 0.6 is 15.9 Å². The van der Waals surface area contributed by atoms with Gasteiger partial charge in [0.25, 0.3) is 0 Å². The second-order valence-electron chi connectivity index (χ2n) is 4.19. The van der Waals surface area contributed by atoms with Gasteiger partial charge >= 0.3 is 0 Å². The second-order valence-corrected chi connectivity index (χ2v) is 5.11. The topological polar surface area (TPSA) is 21.8 Å². The zero-order valence-corrected chi connectivity index (χ0v) is 9.94. The molecule has 0 bridgehead atoms. The number of halogens is 1. The molecule has 0 amide bonds. The molecule has 3 atom stereocenters. The molecule has 3 heteroatoms. The van der Waals surface area contributed by atoms with E-state index in [4.69, 9.17) is 9.47 Å². The number of hydrogen-bond acceptors (Lipinski definition) is 2. The first-order chi connectivity index (χ1) is 7.33. The third-order valence-corrected chi connectivity index (χ3v) is 3.63. The van der Waals surface area contributed by atoms with Crippen LogP contribution in [0.4, 0.5) is 0 Å². The number of ether oxygens (including phenoxy) is 2. The molecule has 3 rings (SSSR count). The minimum absolute atomic E-state index is 0.332. The second kappa shape index (κ2) is 3.89. The summed E-state index contributed by atoms with van der Waals surface area (Å²) in [6.45, 7) is 0.699. The summed E-state index contributed by atoms with van der Waals surface area (Å²) in [6.07, 6.45) is 3.58. The van der Waals surface area contributed by atoms with Gasteiger partial charge in [0.1, 0.15) is 6.10 Å². The normalized spacial score (nSPS) is 32.7. The Hall–Kier alpha value is -0.380. The molecule has 1 saturated carbocycles. The number of benzene rings is 1. The molecule has 2 aliphatic rings. The summed E-state index contributed by atoms with van der Waals surface area (Å²) in [7, 11) is 0. The van der Waals surface area contributed by atoms with Crippen molar-refractivity contribution < 1.29 is 9.47 Å². The predicted molar refractivity (Wildman–Crippen MR) is 60.6 cm³/mol. The third-order valence-electron chi connectivity index (χ3n) is 3.10. The maximum Gasteiger partial charge on any atom is 0.110 e. The summed E-state index contributed by atoms with van der Waals surface area (Å²) >= 11 is 3.42. The van der Waals surface area contributed by atoms with Gasteiger partial charge in [0.05, 0.1) is 18.8 Å². The molecule has 1 heterocycles. The third kappa shape index (κ3) is 2.10. The first-order valence-corrected chi connectivity index (χ1v) is 6.14. The molecule has 1 saturated heterocycles. The fourth-order valence-electron chi connectivity index (χ4n) is 2.17. The standard InChI is InChI=1S/C12H13BrO2/c13-9-3-1-8(2-4-9)7-14-10-5-6-11-12(10)15-11/h1-4,10-12H,5-7H2/t10-,11+,12-/m0/s1. The van der Waals surface area contributed by atoms with E-state index in [-0.39, 0.29) is 0 Å². The van der Waals surface area contributed by atoms with Gasteiger partial charge in [-0.3, -0.25) is 0 Å². The molecule has 0 radical (unpaired) electrons. The number of fused-ring (bicyclic) bond motifs is 1. The molecule has 15 heavy (non-hydrogen) atoms. The highest BCUT2D eigenvalue weighted by Gasteiger charge is 2.50. The van der Waals surface area contributed by atoms with Crippen molar-refractivity contribution in [1.29, 1.82) is 0 Å². The van der Waals surface area contributed by atoms with Crippen molar-refractivity contribution in [2.75, 3.05) is 0 Å². The Labute approximate surface area is 97.7 Å². The van der Waals surface area contributed by atoms with E-state index < -0.39 is 0 Å². The minimum Gasteiger partial charge on any atom is -0.371 e. The van der Waals surface area contributed by atoms with Gasteiger partial charge in [-0.15, -0.1) is 0 Å². The molecule has 2 nitrogen and oxygen atoms in total. The van der Waals surface area contributed by atoms with Crippen LogP contribution in [0.1, 0.15) is 18.4 Å². The summed E-state index contributed by atoms with van der Waals surface area (Å²) in [4.78, 5) is 0. The highest BCUT2D eigenvalue weighted by molar-refractivity contribution is 9.10. The van der Waals surface area contributed by atoms with Gasteiger partial charge in [0, 0.05) is 4.47 Å². The van der Waals surface area contributed by atoms with Crippen LogP contribution in [0.2, 0.25) is 0 Å². The number of rotatable bonds is 3. The van der Waals surface area contributed by atoms with Crippen molar-refractivity contribution in [3.63, 3.8) is 0 Å². The monoisotopic (exact) mass is 268 g/mol. The highest BCUT2D eigenvalue weighted by atomic mass is 79.9. The summed E-state index contributed by atoms with van der Waals surface area (Å²) in [5, 5.41) is 0. The Balaban J connectivity index is 1.55. The van der Waals surface area contributed by atoms with Crippen molar-refractivity contribution in [3.05, 3.63) is 34.3 Å². The van der Waals surface area contributed by atoms with E-state index in [2.05, 4.69) is 28.1 Å². The van der Waals surface area contributed by atoms with Crippen LogP contribution < -0.4 is 0 Å². The van der Waals surface area contributed by atoms with Gasteiger partial charge in [0.15, 0.2) is 0 Å². The Kier molecular flexibility index (Phi) is 2.54. The summed E-state index contributed by atoms with van der Waals surface area (Å²) in [5.41, 5.74) is 1.22. The number of epoxide rings is 1. The zero-order chi connectivity index (χ0) is 10.3. The Morgan fingerprint density at radius 2 is 2.07 bits per heavy atom. The summed E-state index contributed by atoms with van der Waals surface area (Å²) < 4.78 is 12.4. The fraction of sp³-hybridized carbons (Fsp3) is 0.500. The van der Waals surface area contributed by atoms with Crippen LogP contribution in [0.25, 0.3) is 0 Å². The average Bonchev–Trinajstić information content (AvgIpc) is 2.93. The van der Waals surface area contributed by atoms with Crippen molar-refractivity contribution in [2.45, 2.75) is 37.8 Å². The highest BCUT2D eigenvalue weighted by Crippen LogP contribution is 2.40. The van der Waals surface area contributed by atoms with Crippen LogP contribution in [-0.4, -0.2) is 18.3 Å². The molecule has 1 aliphatic carbocycles. The van der Waals surface area contributed by atoms with E-state index in [1.54, 1.807) is 0 Å². The van der Waals surface area contributed by atoms with Gasteiger partial charge < -0.3 is 9.47 Å². The lowest BCUT2D eigenvalue weighted by atomic mass is 10.2. The Bertz CT molecular complexity index is 349. The lowest BCUT2D eigenvalue weighted by molar-refractivity contribution is 0.0160. The molecule has 0 aromatic heterocycles. The summed E-state index contributed by atoms with van der Waals surface area (Å²) in [5.74, 6) is 0. The van der Waals surface area contributed by atoms with E-state index in [1.807, 2.05) is 12.1 Å². The molecule has 1 aromatic carbocycles. The molecule has 80 valence electrons. The van der Waals surface area contributed by atoms with Crippen molar-refractivity contribution in [1.82, 2.24) is 0 Å². The average molecular weight is 269 g/mol. The van der Waals surface area contributed by atoms with Gasteiger partial charge in [-0.2, -0.15) is 0 Å². The SMILES string of the molecule is Brc1ccc(CO[C@H]2CC[C@H]3O[C@@H]23)cc1. The summed E-state index contributed by atoms with van der Waals surface area (Å²) in [6, 6.07) is 8.27. The molecule has 0 unspecified atom stereocenters. The van der Waals surface area contributed by atoms with E-state index in [0.717, 1.165) is 10.9 Å². The molecule has 0 N–H and O–H groups in total. The molecule has 1 aromatic rings. The van der Waals surface area contributed by atoms with Crippen LogP contribution in [0.15, 0.2) is 28.7 Å². The molecule has 2 fully saturated rings. The fourth-order valence-corrected chi connectivity index (χ4v) is 2.44. The van der Waals surface area contributed by atoms with Gasteiger partial charge in [-0.05, 0) is 30.5 Å². The number of hydrogen-bond donors (Lipinski definition) is 0. The first kappa shape index (κ1) is 9.82. The van der Waals surface area contributed by atoms with Crippen molar-refractivity contribution in [3.8, 4) is 0 Å². The van der Waals surface area contributed by atoms with Crippen molar-refractivity contribution in [2.24, 2.45) is 0 Å². The molecular formula is C12H13BrO2. The quantitative estimate of drug-likeness (QED) is 0.787. The maximum atomic E-state index is 5.84. The lowest BCUT2D eigenvalue weighted by Crippen LogP contribution is -2.15. The van der Waals surface area contributed by atoms with Crippen molar-refractivity contribution >= 4 is 15.9 Å². The molecular weight excluding hydrogens is 256 g/mol. The van der Waals surface area contributed by atoms with Crippen LogP contribution in [0.5, 0.6) is 0 Å². The first-order valence-electron chi connectivity index (χ1n) is 5.34. The lowest BCUT2D eigenvalue weighted by Gasteiger charge is -2.12. The van der Waals surface area contributed by atoms with Gasteiger partial charge in [-0.25, -0.2) is 0 Å². The van der Waals surface area contributed by atoms with E-state index >= 15 is 0 Å². The van der Waals surface area contributed by atoms with Gasteiger partial charge in [-0.1, -0.05) is 28.1 Å². The maximum absolute atomic E-state index is 5.84. The Morgan fingerprint density at radius 3 is 2.67 bits per heavy atom. The molecule has 1 aliphatic heterocycles. The van der Waals surface area contributed by atoms with Crippen LogP contribution in [-0.2, 0) is 16.1 Å². The Morgan fingerprint density at radius 1 is 1.27 bits per heavy atom. The van der Waals surface area contributed by atoms with Crippen LogP contribution in [0.3, 0.4) is 0 Å². The van der Waals surface area contributed by atoms with E-state index in [1.165, 1.54) is 12.0 Å². The van der Waals surface area contributed by atoms with E-state index in [9.17, 15) is 0 Å². The van der Waals surface area contributed by atoms with Crippen LogP contribution in [0, 0.1) is 0 Å². The smallest absolute Gasteiger partial charge is 0.110 e. The largest absolute Gasteiger partial charge is 0.371 e. The predicted octanol–water partition coefficient (Wildman–Crippen LogP) is 2.90. The zero-order valence-electron chi connectivity index (χ0n) is 8.36. The molecule has 0 spiro atoms. The van der Waals surface area contributed by atoms with E-state index in [0.29, 0.717) is 24.9 Å². The minimum atomic E-state index is 0.332. The van der Waals surface area contributed by atoms with Gasteiger partial charge in [0.2, 0.25) is 0 Å².